The maximum atomic E-state index is 12.0. The van der Waals surface area contributed by atoms with E-state index >= 15 is 0 Å². The summed E-state index contributed by atoms with van der Waals surface area (Å²) in [5.41, 5.74) is 0. The molecule has 6 heteroatoms. The average Bonchev–Trinajstić information content (AvgIpc) is 2.51. The topological polar surface area (TPSA) is 83.7 Å². The molecule has 2 fully saturated rings. The summed E-state index contributed by atoms with van der Waals surface area (Å²) in [6.07, 6.45) is 5.20. The molecule has 108 valence electrons. The summed E-state index contributed by atoms with van der Waals surface area (Å²) >= 11 is 0. The fourth-order valence-corrected chi connectivity index (χ4v) is 3.17. The zero-order chi connectivity index (χ0) is 13.8. The molecule has 2 aliphatic rings. The number of hydrogen-bond donors (Lipinski definition) is 1. The van der Waals surface area contributed by atoms with Crippen LogP contribution in [0.1, 0.15) is 44.9 Å². The van der Waals surface area contributed by atoms with Crippen molar-refractivity contribution in [2.24, 2.45) is 5.92 Å². The van der Waals surface area contributed by atoms with Crippen molar-refractivity contribution in [3.05, 3.63) is 10.1 Å². The molecule has 2 unspecified atom stereocenters. The zero-order valence-corrected chi connectivity index (χ0v) is 11.2. The summed E-state index contributed by atoms with van der Waals surface area (Å²) in [7, 11) is 0. The Balaban J connectivity index is 1.95. The molecule has 0 spiro atoms. The second-order valence-corrected chi connectivity index (χ2v) is 5.76. The lowest BCUT2D eigenvalue weighted by molar-refractivity contribution is -0.534. The Labute approximate surface area is 112 Å². The van der Waals surface area contributed by atoms with Crippen LogP contribution in [0.2, 0.25) is 0 Å². The van der Waals surface area contributed by atoms with Gasteiger partial charge in [0.1, 0.15) is 6.10 Å². The largest absolute Gasteiger partial charge is 0.384 e. The van der Waals surface area contributed by atoms with E-state index in [2.05, 4.69) is 0 Å². The van der Waals surface area contributed by atoms with Gasteiger partial charge in [0.15, 0.2) is 0 Å². The summed E-state index contributed by atoms with van der Waals surface area (Å²) < 4.78 is 0. The number of hydrogen-bond acceptors (Lipinski definition) is 4. The van der Waals surface area contributed by atoms with Crippen LogP contribution in [0.5, 0.6) is 0 Å². The molecule has 6 nitrogen and oxygen atoms in total. The van der Waals surface area contributed by atoms with Crippen molar-refractivity contribution in [3.63, 3.8) is 0 Å². The fourth-order valence-electron chi connectivity index (χ4n) is 3.17. The number of nitro groups is 1. The normalized spacial score (nSPS) is 30.2. The summed E-state index contributed by atoms with van der Waals surface area (Å²) in [6, 6.07) is -1.000. The smallest absolute Gasteiger partial charge is 0.240 e. The van der Waals surface area contributed by atoms with E-state index < -0.39 is 17.1 Å². The minimum absolute atomic E-state index is 0.0472. The van der Waals surface area contributed by atoms with Crippen molar-refractivity contribution in [3.8, 4) is 0 Å². The van der Waals surface area contributed by atoms with Gasteiger partial charge in [0, 0.05) is 24.3 Å². The average molecular weight is 270 g/mol. The van der Waals surface area contributed by atoms with Gasteiger partial charge in [0.25, 0.3) is 0 Å². The molecule has 1 amide bonds. The van der Waals surface area contributed by atoms with Crippen molar-refractivity contribution >= 4 is 5.91 Å². The number of amides is 1. The van der Waals surface area contributed by atoms with E-state index in [0.29, 0.717) is 12.5 Å². The number of aliphatic hydroxyl groups excluding tert-OH is 1. The second kappa shape index (κ2) is 6.32. The lowest BCUT2D eigenvalue weighted by atomic mass is 9.89. The number of likely N-dealkylation sites (tertiary alicyclic amines) is 1. The first kappa shape index (κ1) is 14.2. The highest BCUT2D eigenvalue weighted by molar-refractivity contribution is 5.76. The van der Waals surface area contributed by atoms with Crippen LogP contribution < -0.4 is 0 Å². The Kier molecular flexibility index (Phi) is 4.74. The minimum atomic E-state index is -1.04. The molecule has 2 rings (SSSR count). The fraction of sp³-hybridized carbons (Fsp3) is 0.923. The summed E-state index contributed by atoms with van der Waals surface area (Å²) in [6.45, 7) is 0.765. The highest BCUT2D eigenvalue weighted by atomic mass is 16.6. The van der Waals surface area contributed by atoms with Crippen molar-refractivity contribution in [1.29, 1.82) is 0 Å². The highest BCUT2D eigenvalue weighted by Gasteiger charge is 2.37. The number of nitrogens with zero attached hydrogens (tertiary/aromatic N) is 2. The third-order valence-corrected chi connectivity index (χ3v) is 4.33. The van der Waals surface area contributed by atoms with Crippen molar-refractivity contribution in [2.45, 2.75) is 57.1 Å². The molecule has 1 saturated carbocycles. The molecule has 0 aromatic rings. The van der Waals surface area contributed by atoms with E-state index in [1.807, 2.05) is 0 Å². The number of rotatable bonds is 3. The minimum Gasteiger partial charge on any atom is -0.384 e. The van der Waals surface area contributed by atoms with Crippen LogP contribution in [-0.4, -0.2) is 46.1 Å². The van der Waals surface area contributed by atoms with Gasteiger partial charge in [-0.25, -0.2) is 0 Å². The molecular formula is C13H22N2O4. The van der Waals surface area contributed by atoms with Crippen LogP contribution in [0.15, 0.2) is 0 Å². The van der Waals surface area contributed by atoms with Crippen LogP contribution >= 0.6 is 0 Å². The summed E-state index contributed by atoms with van der Waals surface area (Å²) in [4.78, 5) is 24.0. The molecule has 0 radical (unpaired) electrons. The maximum absolute atomic E-state index is 12.0. The van der Waals surface area contributed by atoms with Crippen LogP contribution in [0, 0.1) is 16.0 Å². The second-order valence-electron chi connectivity index (χ2n) is 5.76. The van der Waals surface area contributed by atoms with E-state index in [4.69, 9.17) is 0 Å². The number of β-amino-alcohol motifs (C(OH)–C–C–N with tert-alkyl or cyclic N) is 1. The first-order chi connectivity index (χ1) is 9.08. The van der Waals surface area contributed by atoms with E-state index in [1.165, 1.54) is 19.3 Å². The van der Waals surface area contributed by atoms with Crippen LogP contribution in [0.4, 0.5) is 0 Å². The van der Waals surface area contributed by atoms with Crippen molar-refractivity contribution in [2.75, 3.05) is 13.1 Å². The Bertz CT molecular complexity index is 342. The van der Waals surface area contributed by atoms with Gasteiger partial charge in [-0.15, -0.1) is 0 Å². The van der Waals surface area contributed by atoms with Gasteiger partial charge >= 0.3 is 0 Å². The van der Waals surface area contributed by atoms with E-state index in [1.54, 1.807) is 4.90 Å². The molecule has 1 saturated heterocycles. The lowest BCUT2D eigenvalue weighted by Gasteiger charge is -2.29. The predicted molar refractivity (Wildman–Crippen MR) is 69.2 cm³/mol. The van der Waals surface area contributed by atoms with Crippen LogP contribution in [-0.2, 0) is 4.79 Å². The molecule has 19 heavy (non-hydrogen) atoms. The molecule has 1 heterocycles. The molecule has 1 aliphatic heterocycles. The van der Waals surface area contributed by atoms with Crippen LogP contribution in [0.25, 0.3) is 0 Å². The van der Waals surface area contributed by atoms with Crippen LogP contribution in [0.3, 0.4) is 0 Å². The summed E-state index contributed by atoms with van der Waals surface area (Å²) in [5.74, 6) is 0.450. The predicted octanol–water partition coefficient (Wildman–Crippen LogP) is 1.20. The first-order valence-corrected chi connectivity index (χ1v) is 7.17. The lowest BCUT2D eigenvalue weighted by Crippen LogP contribution is -2.43. The standard InChI is InChI=1S/C13H22N2O4/c16-12-9-14(8-10-4-2-1-3-5-10)13(17)7-6-11(12)15(18)19/h10-12,16H,1-9H2. The third kappa shape index (κ3) is 3.65. The van der Waals surface area contributed by atoms with Crippen molar-refractivity contribution in [1.82, 2.24) is 4.90 Å². The van der Waals surface area contributed by atoms with E-state index in [9.17, 15) is 20.0 Å². The van der Waals surface area contributed by atoms with Gasteiger partial charge in [0.2, 0.25) is 11.9 Å². The number of carbonyl (C=O) groups is 1. The maximum Gasteiger partial charge on any atom is 0.240 e. The molecule has 0 bridgehead atoms. The monoisotopic (exact) mass is 270 g/mol. The van der Waals surface area contributed by atoms with Gasteiger partial charge in [0.05, 0.1) is 6.54 Å². The van der Waals surface area contributed by atoms with Gasteiger partial charge in [-0.05, 0) is 18.8 Å². The van der Waals surface area contributed by atoms with Gasteiger partial charge in [-0.1, -0.05) is 19.3 Å². The highest BCUT2D eigenvalue weighted by Crippen LogP contribution is 2.26. The quantitative estimate of drug-likeness (QED) is 0.617. The Morgan fingerprint density at radius 1 is 1.26 bits per heavy atom. The van der Waals surface area contributed by atoms with Gasteiger partial charge < -0.3 is 10.0 Å². The molecule has 0 aromatic carbocycles. The Hall–Kier alpha value is -1.17. The number of aliphatic hydroxyl groups is 1. The van der Waals surface area contributed by atoms with Gasteiger partial charge in [-0.2, -0.15) is 0 Å². The van der Waals surface area contributed by atoms with Crippen molar-refractivity contribution < 1.29 is 14.8 Å². The van der Waals surface area contributed by atoms with E-state index in [-0.39, 0.29) is 25.3 Å². The number of carbonyl (C=O) groups excluding carboxylic acids is 1. The molecule has 0 aromatic heterocycles. The van der Waals surface area contributed by atoms with Gasteiger partial charge in [-0.3, -0.25) is 14.9 Å². The summed E-state index contributed by atoms with van der Waals surface area (Å²) in [5, 5.41) is 20.7. The Morgan fingerprint density at radius 3 is 2.58 bits per heavy atom. The third-order valence-electron chi connectivity index (χ3n) is 4.33. The van der Waals surface area contributed by atoms with E-state index in [0.717, 1.165) is 12.8 Å². The molecular weight excluding hydrogens is 248 g/mol. The Morgan fingerprint density at radius 2 is 1.95 bits per heavy atom. The molecule has 1 aliphatic carbocycles. The molecule has 1 N–H and O–H groups in total. The molecule has 2 atom stereocenters. The first-order valence-electron chi connectivity index (χ1n) is 7.17. The SMILES string of the molecule is O=C1CCC([N+](=O)[O-])C(O)CN1CC1CCCCC1. The zero-order valence-electron chi connectivity index (χ0n) is 11.2.